The summed E-state index contributed by atoms with van der Waals surface area (Å²) in [6, 6.07) is 13.1. The Hall–Kier alpha value is -3.19. The molecule has 3 aromatic rings. The first-order valence-corrected chi connectivity index (χ1v) is 10.5. The number of fused-ring (bicyclic) bond motifs is 1. The van der Waals surface area contributed by atoms with Crippen LogP contribution in [0, 0.1) is 0 Å². The number of ether oxygens (including phenoxy) is 2. The molecule has 0 saturated heterocycles. The number of nitrogens with zero attached hydrogens (tertiary/aromatic N) is 1. The van der Waals surface area contributed by atoms with Gasteiger partial charge in [0.05, 0.1) is 19.9 Å². The van der Waals surface area contributed by atoms with Gasteiger partial charge in [-0.15, -0.1) is 11.3 Å². The summed E-state index contributed by atoms with van der Waals surface area (Å²) in [4.78, 5) is 24.7. The highest BCUT2D eigenvalue weighted by atomic mass is 32.1. The van der Waals surface area contributed by atoms with Crippen molar-refractivity contribution >= 4 is 38.8 Å². The number of carbonyl (C=O) groups is 2. The molecule has 0 spiro atoms. The number of methoxy groups -OCH3 is 2. The van der Waals surface area contributed by atoms with Gasteiger partial charge in [0.1, 0.15) is 0 Å². The van der Waals surface area contributed by atoms with Crippen LogP contribution in [0.25, 0.3) is 10.1 Å². The molecule has 30 heavy (non-hydrogen) atoms. The van der Waals surface area contributed by atoms with E-state index in [1.807, 2.05) is 19.1 Å². The van der Waals surface area contributed by atoms with Crippen LogP contribution in [0.4, 0.5) is 0 Å². The number of nitrogens with one attached hydrogen (secondary N) is 1. The van der Waals surface area contributed by atoms with Crippen molar-refractivity contribution in [1.82, 2.24) is 5.43 Å². The molecule has 0 radical (unpaired) electrons. The monoisotopic (exact) mass is 424 g/mol. The average Bonchev–Trinajstić information content (AvgIpc) is 3.21. The molecule has 1 N–H and O–H groups in total. The van der Waals surface area contributed by atoms with E-state index in [9.17, 15) is 9.59 Å². The van der Waals surface area contributed by atoms with Crippen molar-refractivity contribution in [3.8, 4) is 11.5 Å². The van der Waals surface area contributed by atoms with Crippen LogP contribution in [0.15, 0.2) is 52.9 Å². The molecule has 1 heterocycles. The van der Waals surface area contributed by atoms with Gasteiger partial charge in [-0.3, -0.25) is 9.59 Å². The van der Waals surface area contributed by atoms with Crippen LogP contribution in [0.1, 0.15) is 42.1 Å². The molecular formula is C23H24N2O4S. The Labute approximate surface area is 179 Å². The number of ketones is 1. The summed E-state index contributed by atoms with van der Waals surface area (Å²) in [5, 5.41) is 7.49. The summed E-state index contributed by atoms with van der Waals surface area (Å²) in [6.45, 7) is 2.00. The Morgan fingerprint density at radius 1 is 1.03 bits per heavy atom. The van der Waals surface area contributed by atoms with E-state index in [2.05, 4.69) is 28.0 Å². The summed E-state index contributed by atoms with van der Waals surface area (Å²) in [7, 11) is 3.05. The zero-order valence-corrected chi connectivity index (χ0v) is 18.0. The lowest BCUT2D eigenvalue weighted by Gasteiger charge is -2.09. The third-order valence-electron chi connectivity index (χ3n) is 4.73. The number of carbonyl (C=O) groups excluding carboxylic acids is 2. The molecule has 156 valence electrons. The van der Waals surface area contributed by atoms with Gasteiger partial charge >= 0.3 is 0 Å². The van der Waals surface area contributed by atoms with Crippen molar-refractivity contribution in [2.75, 3.05) is 14.2 Å². The van der Waals surface area contributed by atoms with Gasteiger partial charge < -0.3 is 9.47 Å². The standard InChI is InChI=1S/C23H24N2O4S/c1-4-18(17-14-30-22-8-6-5-7-16(17)22)24-25-23(27)12-10-19(26)15-9-11-20(28-2)21(13-15)29-3/h5-9,11,13-14H,4,10,12H2,1-3H3,(H,25,27)/b24-18+. The predicted molar refractivity (Wildman–Crippen MR) is 120 cm³/mol. The minimum Gasteiger partial charge on any atom is -0.493 e. The van der Waals surface area contributed by atoms with E-state index in [1.54, 1.807) is 29.5 Å². The Morgan fingerprint density at radius 3 is 2.53 bits per heavy atom. The van der Waals surface area contributed by atoms with Crippen LogP contribution in [0.3, 0.4) is 0 Å². The molecule has 1 aromatic heterocycles. The molecule has 7 heteroatoms. The van der Waals surface area contributed by atoms with Gasteiger partial charge in [0.25, 0.3) is 0 Å². The number of amides is 1. The van der Waals surface area contributed by atoms with Gasteiger partial charge in [0.15, 0.2) is 17.3 Å². The second kappa shape index (κ2) is 10.0. The molecule has 0 unspecified atom stereocenters. The van der Waals surface area contributed by atoms with Gasteiger partial charge in [-0.2, -0.15) is 5.10 Å². The topological polar surface area (TPSA) is 77.0 Å². The van der Waals surface area contributed by atoms with E-state index >= 15 is 0 Å². The van der Waals surface area contributed by atoms with E-state index in [4.69, 9.17) is 9.47 Å². The fraction of sp³-hybridized carbons (Fsp3) is 0.261. The van der Waals surface area contributed by atoms with Gasteiger partial charge in [0, 0.05) is 39.4 Å². The van der Waals surface area contributed by atoms with Crippen molar-refractivity contribution in [1.29, 1.82) is 0 Å². The van der Waals surface area contributed by atoms with Crippen LogP contribution in [0.5, 0.6) is 11.5 Å². The quantitative estimate of drug-likeness (QED) is 0.304. The molecule has 2 aromatic carbocycles. The van der Waals surface area contributed by atoms with Gasteiger partial charge in [-0.1, -0.05) is 25.1 Å². The molecule has 0 fully saturated rings. The maximum atomic E-state index is 12.4. The van der Waals surface area contributed by atoms with E-state index in [0.29, 0.717) is 23.5 Å². The second-order valence-corrected chi connectivity index (χ2v) is 7.50. The van der Waals surface area contributed by atoms with Gasteiger partial charge in [0.2, 0.25) is 5.91 Å². The predicted octanol–water partition coefficient (Wildman–Crippen LogP) is 4.81. The van der Waals surface area contributed by atoms with E-state index in [1.165, 1.54) is 18.9 Å². The number of rotatable bonds is 9. The fourth-order valence-electron chi connectivity index (χ4n) is 3.10. The smallest absolute Gasteiger partial charge is 0.240 e. The Morgan fingerprint density at radius 2 is 1.80 bits per heavy atom. The Balaban J connectivity index is 1.61. The summed E-state index contributed by atoms with van der Waals surface area (Å²) >= 11 is 1.65. The van der Waals surface area contributed by atoms with E-state index < -0.39 is 0 Å². The summed E-state index contributed by atoms with van der Waals surface area (Å²) in [5.41, 5.74) is 4.91. The number of hydrazone groups is 1. The summed E-state index contributed by atoms with van der Waals surface area (Å²) in [5.74, 6) is 0.589. The molecule has 6 nitrogen and oxygen atoms in total. The highest BCUT2D eigenvalue weighted by Gasteiger charge is 2.13. The van der Waals surface area contributed by atoms with E-state index in [-0.39, 0.29) is 24.5 Å². The van der Waals surface area contributed by atoms with E-state index in [0.717, 1.165) is 16.7 Å². The van der Waals surface area contributed by atoms with Crippen molar-refractivity contribution < 1.29 is 19.1 Å². The first kappa shape index (κ1) is 21.5. The molecule has 0 aliphatic heterocycles. The zero-order chi connectivity index (χ0) is 21.5. The van der Waals surface area contributed by atoms with Crippen molar-refractivity contribution in [2.24, 2.45) is 5.10 Å². The second-order valence-electron chi connectivity index (χ2n) is 6.59. The normalized spacial score (nSPS) is 11.4. The van der Waals surface area contributed by atoms with Crippen LogP contribution in [-0.2, 0) is 4.79 Å². The van der Waals surface area contributed by atoms with Gasteiger partial charge in [-0.05, 0) is 30.7 Å². The van der Waals surface area contributed by atoms with Crippen molar-refractivity contribution in [2.45, 2.75) is 26.2 Å². The lowest BCUT2D eigenvalue weighted by Crippen LogP contribution is -2.20. The highest BCUT2D eigenvalue weighted by molar-refractivity contribution is 7.17. The number of hydrogen-bond donors (Lipinski definition) is 1. The third-order valence-corrected chi connectivity index (χ3v) is 5.69. The molecule has 0 saturated carbocycles. The molecule has 3 rings (SSSR count). The minimum absolute atomic E-state index is 0.0536. The average molecular weight is 425 g/mol. The summed E-state index contributed by atoms with van der Waals surface area (Å²) in [6.07, 6.45) is 0.823. The molecule has 0 atom stereocenters. The number of Topliss-reactive ketones (excluding diaryl/α,β-unsaturated/α-hetero) is 1. The minimum atomic E-state index is -0.297. The van der Waals surface area contributed by atoms with Crippen molar-refractivity contribution in [3.05, 3.63) is 59.0 Å². The van der Waals surface area contributed by atoms with Crippen LogP contribution in [0.2, 0.25) is 0 Å². The first-order chi connectivity index (χ1) is 14.6. The molecule has 1 amide bonds. The molecule has 0 aliphatic carbocycles. The maximum absolute atomic E-state index is 12.4. The number of benzene rings is 2. The molecule has 0 aliphatic rings. The molecular weight excluding hydrogens is 400 g/mol. The first-order valence-electron chi connectivity index (χ1n) is 9.64. The maximum Gasteiger partial charge on any atom is 0.240 e. The highest BCUT2D eigenvalue weighted by Crippen LogP contribution is 2.28. The van der Waals surface area contributed by atoms with Crippen LogP contribution >= 0.6 is 11.3 Å². The van der Waals surface area contributed by atoms with Gasteiger partial charge in [-0.25, -0.2) is 5.43 Å². The Kier molecular flexibility index (Phi) is 7.19. The largest absolute Gasteiger partial charge is 0.493 e. The van der Waals surface area contributed by atoms with Crippen LogP contribution in [-0.4, -0.2) is 31.6 Å². The summed E-state index contributed by atoms with van der Waals surface area (Å²) < 4.78 is 11.6. The zero-order valence-electron chi connectivity index (χ0n) is 17.2. The third kappa shape index (κ3) is 4.86. The lowest BCUT2D eigenvalue weighted by molar-refractivity contribution is -0.121. The number of hydrogen-bond acceptors (Lipinski definition) is 6. The van der Waals surface area contributed by atoms with Crippen molar-refractivity contribution in [3.63, 3.8) is 0 Å². The lowest BCUT2D eigenvalue weighted by atomic mass is 10.1. The SMILES string of the molecule is CC/C(=N\NC(=O)CCC(=O)c1ccc(OC)c(OC)c1)c1csc2ccccc12. The number of thiophene rings is 1. The fourth-order valence-corrected chi connectivity index (χ4v) is 4.07. The Bertz CT molecular complexity index is 1090. The molecule has 0 bridgehead atoms. The van der Waals surface area contributed by atoms with Crippen LogP contribution < -0.4 is 14.9 Å².